The van der Waals surface area contributed by atoms with E-state index in [9.17, 15) is 0 Å². The lowest BCUT2D eigenvalue weighted by molar-refractivity contribution is 0.178. The first-order chi connectivity index (χ1) is 11.5. The van der Waals surface area contributed by atoms with E-state index in [-0.39, 0.29) is 0 Å². The topological polar surface area (TPSA) is 42.9 Å². The molecule has 2 saturated carbocycles. The monoisotopic (exact) mass is 337 g/mol. The van der Waals surface area contributed by atoms with Gasteiger partial charge in [0.1, 0.15) is 0 Å². The van der Waals surface area contributed by atoms with Crippen molar-refractivity contribution < 1.29 is 0 Å². The van der Waals surface area contributed by atoms with Gasteiger partial charge in [-0.05, 0) is 59.3 Å². The van der Waals surface area contributed by atoms with Gasteiger partial charge >= 0.3 is 0 Å². The van der Waals surface area contributed by atoms with Gasteiger partial charge in [0.05, 0.1) is 0 Å². The van der Waals surface area contributed by atoms with E-state index < -0.39 is 0 Å². The normalized spacial score (nSPS) is 19.0. The third-order valence-electron chi connectivity index (χ3n) is 5.16. The molecule has 5 heteroatoms. The van der Waals surface area contributed by atoms with Crippen LogP contribution in [-0.4, -0.2) is 73.7 Å². The van der Waals surface area contributed by atoms with Gasteiger partial charge in [-0.1, -0.05) is 0 Å². The fourth-order valence-corrected chi connectivity index (χ4v) is 3.45. The van der Waals surface area contributed by atoms with E-state index in [2.05, 4.69) is 53.1 Å². The Bertz CT molecular complexity index is 377. The SMILES string of the molecule is CN=C(NCCN(CC1CC1)C1CC1)NCCN(C(C)C)C(C)C. The summed E-state index contributed by atoms with van der Waals surface area (Å²) in [5.74, 6) is 1.92. The second kappa shape index (κ2) is 9.62. The number of hydrogen-bond acceptors (Lipinski definition) is 3. The van der Waals surface area contributed by atoms with Crippen molar-refractivity contribution in [2.45, 2.75) is 71.5 Å². The number of guanidine groups is 1. The molecule has 0 aliphatic heterocycles. The molecule has 2 rings (SSSR count). The zero-order chi connectivity index (χ0) is 17.5. The molecular weight excluding hydrogens is 298 g/mol. The maximum Gasteiger partial charge on any atom is 0.191 e. The number of nitrogens with one attached hydrogen (secondary N) is 2. The highest BCUT2D eigenvalue weighted by Crippen LogP contribution is 2.34. The Hall–Kier alpha value is -0.810. The van der Waals surface area contributed by atoms with Crippen molar-refractivity contribution in [2.24, 2.45) is 10.9 Å². The van der Waals surface area contributed by atoms with Crippen LogP contribution in [0.5, 0.6) is 0 Å². The standard InChI is InChI=1S/C19H39N5/c1-15(2)24(16(3)4)13-11-22-19(20-5)21-10-12-23(18-8-9-18)14-17-6-7-17/h15-18H,6-14H2,1-5H3,(H2,20,21,22). The largest absolute Gasteiger partial charge is 0.355 e. The Balaban J connectivity index is 1.62. The van der Waals surface area contributed by atoms with Gasteiger partial charge in [0, 0.05) is 57.9 Å². The second-order valence-corrected chi connectivity index (χ2v) is 8.02. The summed E-state index contributed by atoms with van der Waals surface area (Å²) in [5, 5.41) is 6.95. The molecule has 0 atom stereocenters. The van der Waals surface area contributed by atoms with Gasteiger partial charge in [-0.25, -0.2) is 0 Å². The zero-order valence-corrected chi connectivity index (χ0v) is 16.5. The van der Waals surface area contributed by atoms with Crippen molar-refractivity contribution in [1.82, 2.24) is 20.4 Å². The van der Waals surface area contributed by atoms with Gasteiger partial charge < -0.3 is 10.6 Å². The van der Waals surface area contributed by atoms with E-state index in [0.29, 0.717) is 12.1 Å². The Morgan fingerprint density at radius 3 is 2.00 bits per heavy atom. The Kier molecular flexibility index (Phi) is 7.82. The summed E-state index contributed by atoms with van der Waals surface area (Å²) in [7, 11) is 1.86. The van der Waals surface area contributed by atoms with Crippen LogP contribution in [0.4, 0.5) is 0 Å². The molecule has 2 fully saturated rings. The predicted octanol–water partition coefficient (Wildman–Crippen LogP) is 2.14. The summed E-state index contributed by atoms with van der Waals surface area (Å²) in [5.41, 5.74) is 0. The molecule has 0 bridgehead atoms. The first-order valence-electron chi connectivity index (χ1n) is 9.95. The lowest BCUT2D eigenvalue weighted by atomic mass is 10.2. The van der Waals surface area contributed by atoms with Crippen molar-refractivity contribution in [2.75, 3.05) is 39.8 Å². The molecule has 0 spiro atoms. The molecule has 0 aromatic carbocycles. The van der Waals surface area contributed by atoms with Crippen LogP contribution in [0.15, 0.2) is 4.99 Å². The molecule has 0 saturated heterocycles. The van der Waals surface area contributed by atoms with Crippen LogP contribution >= 0.6 is 0 Å². The molecule has 2 aliphatic rings. The molecule has 24 heavy (non-hydrogen) atoms. The van der Waals surface area contributed by atoms with Crippen LogP contribution < -0.4 is 10.6 Å². The summed E-state index contributed by atoms with van der Waals surface area (Å²) >= 11 is 0. The average molecular weight is 338 g/mol. The van der Waals surface area contributed by atoms with Gasteiger partial charge in [0.2, 0.25) is 0 Å². The highest BCUT2D eigenvalue weighted by molar-refractivity contribution is 5.79. The summed E-state index contributed by atoms with van der Waals surface area (Å²) in [6.07, 6.45) is 5.70. The highest BCUT2D eigenvalue weighted by Gasteiger charge is 2.33. The molecule has 0 radical (unpaired) electrons. The lowest BCUT2D eigenvalue weighted by Crippen LogP contribution is -2.46. The molecule has 0 heterocycles. The number of aliphatic imine (C=N–C) groups is 1. The maximum atomic E-state index is 4.36. The van der Waals surface area contributed by atoms with Crippen molar-refractivity contribution in [1.29, 1.82) is 0 Å². The molecule has 2 N–H and O–H groups in total. The number of hydrogen-bond donors (Lipinski definition) is 2. The van der Waals surface area contributed by atoms with Crippen LogP contribution in [0, 0.1) is 5.92 Å². The molecule has 0 amide bonds. The third kappa shape index (κ3) is 6.98. The van der Waals surface area contributed by atoms with Crippen molar-refractivity contribution >= 4 is 5.96 Å². The Morgan fingerprint density at radius 2 is 1.54 bits per heavy atom. The lowest BCUT2D eigenvalue weighted by Gasteiger charge is -2.30. The van der Waals surface area contributed by atoms with E-state index in [1.807, 2.05) is 7.05 Å². The van der Waals surface area contributed by atoms with Crippen LogP contribution in [0.25, 0.3) is 0 Å². The van der Waals surface area contributed by atoms with Gasteiger partial charge in [-0.15, -0.1) is 0 Å². The van der Waals surface area contributed by atoms with Crippen molar-refractivity contribution in [3.05, 3.63) is 0 Å². The van der Waals surface area contributed by atoms with Crippen LogP contribution in [0.1, 0.15) is 53.4 Å². The fourth-order valence-electron chi connectivity index (χ4n) is 3.45. The fraction of sp³-hybridized carbons (Fsp3) is 0.947. The maximum absolute atomic E-state index is 4.36. The third-order valence-corrected chi connectivity index (χ3v) is 5.16. The van der Waals surface area contributed by atoms with Crippen LogP contribution in [0.2, 0.25) is 0 Å². The average Bonchev–Trinajstić information content (AvgIpc) is 3.40. The van der Waals surface area contributed by atoms with E-state index >= 15 is 0 Å². The van der Waals surface area contributed by atoms with Crippen molar-refractivity contribution in [3.63, 3.8) is 0 Å². The second-order valence-electron chi connectivity index (χ2n) is 8.02. The summed E-state index contributed by atoms with van der Waals surface area (Å²) in [6.45, 7) is 14.5. The quantitative estimate of drug-likeness (QED) is 0.448. The van der Waals surface area contributed by atoms with E-state index in [0.717, 1.165) is 44.1 Å². The summed E-state index contributed by atoms with van der Waals surface area (Å²) in [4.78, 5) is 9.56. The van der Waals surface area contributed by atoms with Crippen LogP contribution in [-0.2, 0) is 0 Å². The van der Waals surface area contributed by atoms with E-state index in [1.54, 1.807) is 0 Å². The number of nitrogens with zero attached hydrogens (tertiary/aromatic N) is 3. The zero-order valence-electron chi connectivity index (χ0n) is 16.5. The Labute approximate surface area is 149 Å². The molecule has 2 aliphatic carbocycles. The molecular formula is C19H39N5. The minimum absolute atomic E-state index is 0.580. The van der Waals surface area contributed by atoms with Gasteiger partial charge in [0.25, 0.3) is 0 Å². The first-order valence-corrected chi connectivity index (χ1v) is 9.95. The van der Waals surface area contributed by atoms with Gasteiger partial charge in [0.15, 0.2) is 5.96 Å². The van der Waals surface area contributed by atoms with Crippen LogP contribution in [0.3, 0.4) is 0 Å². The van der Waals surface area contributed by atoms with Crippen molar-refractivity contribution in [3.8, 4) is 0 Å². The molecule has 0 unspecified atom stereocenters. The summed E-state index contributed by atoms with van der Waals surface area (Å²) in [6, 6.07) is 2.03. The van der Waals surface area contributed by atoms with Gasteiger partial charge in [-0.2, -0.15) is 0 Å². The molecule has 140 valence electrons. The predicted molar refractivity (Wildman–Crippen MR) is 104 cm³/mol. The number of rotatable bonds is 11. The molecule has 5 nitrogen and oxygen atoms in total. The molecule has 0 aromatic rings. The summed E-state index contributed by atoms with van der Waals surface area (Å²) < 4.78 is 0. The highest BCUT2D eigenvalue weighted by atomic mass is 15.2. The van der Waals surface area contributed by atoms with Gasteiger partial charge in [-0.3, -0.25) is 14.8 Å². The minimum atomic E-state index is 0.580. The van der Waals surface area contributed by atoms with E-state index in [4.69, 9.17) is 0 Å². The Morgan fingerprint density at radius 1 is 0.958 bits per heavy atom. The minimum Gasteiger partial charge on any atom is -0.355 e. The van der Waals surface area contributed by atoms with E-state index in [1.165, 1.54) is 32.2 Å². The smallest absolute Gasteiger partial charge is 0.191 e. The first kappa shape index (κ1) is 19.5. The molecule has 0 aromatic heterocycles.